The summed E-state index contributed by atoms with van der Waals surface area (Å²) in [6, 6.07) is 3.89. The predicted molar refractivity (Wildman–Crippen MR) is 88.1 cm³/mol. The topological polar surface area (TPSA) is 51.3 Å². The summed E-state index contributed by atoms with van der Waals surface area (Å²) in [6.07, 6.45) is 5.85. The Hall–Kier alpha value is -2.01. The van der Waals surface area contributed by atoms with E-state index in [9.17, 15) is 4.79 Å². The minimum Gasteiger partial charge on any atom is -0.469 e. The molecule has 0 radical (unpaired) electrons. The van der Waals surface area contributed by atoms with Crippen LogP contribution in [-0.2, 0) is 17.9 Å². The fourth-order valence-corrected chi connectivity index (χ4v) is 3.04. The quantitative estimate of drug-likeness (QED) is 0.729. The number of aromatic nitrogens is 2. The van der Waals surface area contributed by atoms with E-state index in [2.05, 4.69) is 11.7 Å². The fourth-order valence-electron chi connectivity index (χ4n) is 2.83. The second-order valence-electron chi connectivity index (χ2n) is 5.82. The van der Waals surface area contributed by atoms with Gasteiger partial charge in [-0.2, -0.15) is 5.10 Å². The molecule has 2 atom stereocenters. The average molecular weight is 334 g/mol. The van der Waals surface area contributed by atoms with Crippen molar-refractivity contribution in [3.63, 3.8) is 0 Å². The van der Waals surface area contributed by atoms with Crippen molar-refractivity contribution in [2.75, 3.05) is 6.54 Å². The first-order valence-electron chi connectivity index (χ1n) is 7.79. The van der Waals surface area contributed by atoms with Crippen molar-refractivity contribution < 1.29 is 9.21 Å². The van der Waals surface area contributed by atoms with Crippen molar-refractivity contribution in [2.24, 2.45) is 5.92 Å². The van der Waals surface area contributed by atoms with Gasteiger partial charge in [-0.1, -0.05) is 18.2 Å². The number of rotatable bonds is 7. The number of furan rings is 1. The average Bonchev–Trinajstić information content (AvgIpc) is 2.97. The van der Waals surface area contributed by atoms with E-state index >= 15 is 0 Å². The van der Waals surface area contributed by atoms with E-state index in [1.54, 1.807) is 22.0 Å². The van der Waals surface area contributed by atoms with Crippen LogP contribution >= 0.6 is 11.6 Å². The smallest absolute Gasteiger partial charge is 0.246 e. The first-order valence-corrected chi connectivity index (χ1v) is 8.16. The van der Waals surface area contributed by atoms with Gasteiger partial charge in [-0.3, -0.25) is 9.48 Å². The lowest BCUT2D eigenvalue weighted by Gasteiger charge is -2.20. The molecule has 0 unspecified atom stereocenters. The van der Waals surface area contributed by atoms with Crippen LogP contribution in [0, 0.1) is 5.92 Å². The van der Waals surface area contributed by atoms with Crippen molar-refractivity contribution >= 4 is 17.5 Å². The molecule has 1 aliphatic rings. The predicted octanol–water partition coefficient (Wildman–Crippen LogP) is 3.47. The van der Waals surface area contributed by atoms with Crippen LogP contribution in [-0.4, -0.2) is 27.1 Å². The zero-order valence-electron chi connectivity index (χ0n) is 13.1. The van der Waals surface area contributed by atoms with Gasteiger partial charge in [0.15, 0.2) is 0 Å². The third-order valence-corrected chi connectivity index (χ3v) is 4.54. The molecule has 6 heteroatoms. The van der Waals surface area contributed by atoms with Gasteiger partial charge in [0.05, 0.1) is 17.8 Å². The Labute approximate surface area is 140 Å². The van der Waals surface area contributed by atoms with E-state index in [0.717, 1.165) is 24.4 Å². The van der Waals surface area contributed by atoms with Crippen molar-refractivity contribution in [1.82, 2.24) is 14.7 Å². The van der Waals surface area contributed by atoms with Crippen LogP contribution in [0.5, 0.6) is 0 Å². The van der Waals surface area contributed by atoms with Crippen LogP contribution in [0.2, 0.25) is 5.02 Å². The second kappa shape index (κ2) is 6.62. The number of hydrogen-bond acceptors (Lipinski definition) is 3. The summed E-state index contributed by atoms with van der Waals surface area (Å²) in [4.78, 5) is 13.9. The lowest BCUT2D eigenvalue weighted by Crippen LogP contribution is -2.31. The van der Waals surface area contributed by atoms with Crippen LogP contribution in [0.25, 0.3) is 0 Å². The van der Waals surface area contributed by atoms with Crippen LogP contribution in [0.3, 0.4) is 0 Å². The van der Waals surface area contributed by atoms with Crippen molar-refractivity contribution in [1.29, 1.82) is 0 Å². The Kier molecular flexibility index (Phi) is 4.57. The normalized spacial score (nSPS) is 19.6. The van der Waals surface area contributed by atoms with Gasteiger partial charge >= 0.3 is 0 Å². The number of aryl methyl sites for hydroxylation is 1. The number of carbonyl (C=O) groups is 1. The molecule has 0 saturated heterocycles. The molecule has 1 aliphatic carbocycles. The molecule has 3 rings (SSSR count). The highest BCUT2D eigenvalue weighted by atomic mass is 35.5. The standard InChI is InChI=1S/C17H20ClN3O2/c1-3-17(22)20(11-15-14(18)10-21(4-2)19-15)9-12-8-13(12)16-6-5-7-23-16/h3,5-7,10,12-13H,1,4,8-9,11H2,2H3/t12-,13+/m0/s1. The first kappa shape index (κ1) is 15.9. The van der Waals surface area contributed by atoms with Crippen LogP contribution < -0.4 is 0 Å². The molecule has 1 fully saturated rings. The lowest BCUT2D eigenvalue weighted by atomic mass is 10.2. The van der Waals surface area contributed by atoms with Crippen molar-refractivity contribution in [2.45, 2.75) is 32.4 Å². The molecule has 23 heavy (non-hydrogen) atoms. The molecule has 122 valence electrons. The fraction of sp³-hybridized carbons (Fsp3) is 0.412. The highest BCUT2D eigenvalue weighted by Crippen LogP contribution is 2.48. The van der Waals surface area contributed by atoms with Crippen LogP contribution in [0.15, 0.2) is 41.7 Å². The number of carbonyl (C=O) groups excluding carboxylic acids is 1. The SMILES string of the molecule is C=CC(=O)N(Cc1nn(CC)cc1Cl)C[C@@H]1C[C@H]1c1ccco1. The molecule has 2 heterocycles. The number of amides is 1. The summed E-state index contributed by atoms with van der Waals surface area (Å²) < 4.78 is 7.23. The first-order chi connectivity index (χ1) is 11.1. The summed E-state index contributed by atoms with van der Waals surface area (Å²) in [5.74, 6) is 1.71. The highest BCUT2D eigenvalue weighted by Gasteiger charge is 2.42. The largest absolute Gasteiger partial charge is 0.469 e. The zero-order valence-corrected chi connectivity index (χ0v) is 13.9. The molecule has 0 spiro atoms. The molecule has 0 N–H and O–H groups in total. The summed E-state index contributed by atoms with van der Waals surface area (Å²) in [7, 11) is 0. The molecule has 1 amide bonds. The molecule has 0 aromatic carbocycles. The third kappa shape index (κ3) is 3.50. The van der Waals surface area contributed by atoms with Gasteiger partial charge in [0.1, 0.15) is 11.5 Å². The molecular formula is C17H20ClN3O2. The molecule has 2 aromatic rings. The molecule has 5 nitrogen and oxygen atoms in total. The summed E-state index contributed by atoms with van der Waals surface area (Å²) in [6.45, 7) is 7.40. The maximum Gasteiger partial charge on any atom is 0.246 e. The van der Waals surface area contributed by atoms with E-state index in [0.29, 0.717) is 29.9 Å². The van der Waals surface area contributed by atoms with E-state index in [-0.39, 0.29) is 5.91 Å². The second-order valence-corrected chi connectivity index (χ2v) is 6.23. The number of halogens is 1. The van der Waals surface area contributed by atoms with Gasteiger partial charge in [0.2, 0.25) is 5.91 Å². The van der Waals surface area contributed by atoms with Gasteiger partial charge < -0.3 is 9.32 Å². The van der Waals surface area contributed by atoms with Gasteiger partial charge in [0.25, 0.3) is 0 Å². The monoisotopic (exact) mass is 333 g/mol. The van der Waals surface area contributed by atoms with Crippen LogP contribution in [0.4, 0.5) is 0 Å². The molecule has 0 bridgehead atoms. The highest BCUT2D eigenvalue weighted by molar-refractivity contribution is 6.31. The van der Waals surface area contributed by atoms with E-state index in [4.69, 9.17) is 16.0 Å². The lowest BCUT2D eigenvalue weighted by molar-refractivity contribution is -0.126. The zero-order chi connectivity index (χ0) is 16.4. The van der Waals surface area contributed by atoms with Gasteiger partial charge in [-0.25, -0.2) is 0 Å². The summed E-state index contributed by atoms with van der Waals surface area (Å²) >= 11 is 6.22. The minimum absolute atomic E-state index is 0.0998. The van der Waals surface area contributed by atoms with Gasteiger partial charge in [-0.15, -0.1) is 0 Å². The maximum absolute atomic E-state index is 12.2. The summed E-state index contributed by atoms with van der Waals surface area (Å²) in [5.41, 5.74) is 0.721. The van der Waals surface area contributed by atoms with Crippen molar-refractivity contribution in [3.05, 3.63) is 53.7 Å². The van der Waals surface area contributed by atoms with Crippen molar-refractivity contribution in [3.8, 4) is 0 Å². The molecule has 1 saturated carbocycles. The third-order valence-electron chi connectivity index (χ3n) is 4.22. The van der Waals surface area contributed by atoms with E-state index < -0.39 is 0 Å². The minimum atomic E-state index is -0.0998. The number of nitrogens with zero attached hydrogens (tertiary/aromatic N) is 3. The Morgan fingerprint density at radius 2 is 2.48 bits per heavy atom. The van der Waals surface area contributed by atoms with E-state index in [1.165, 1.54) is 6.08 Å². The van der Waals surface area contributed by atoms with Crippen LogP contribution in [0.1, 0.15) is 30.7 Å². The molecule has 2 aromatic heterocycles. The Bertz CT molecular complexity index is 693. The number of hydrogen-bond donors (Lipinski definition) is 0. The molecule has 0 aliphatic heterocycles. The van der Waals surface area contributed by atoms with Gasteiger partial charge in [-0.05, 0) is 37.5 Å². The summed E-state index contributed by atoms with van der Waals surface area (Å²) in [5, 5.41) is 5.01. The van der Waals surface area contributed by atoms with E-state index in [1.807, 2.05) is 19.1 Å². The van der Waals surface area contributed by atoms with Gasteiger partial charge in [0, 0.05) is 25.2 Å². The Balaban J connectivity index is 1.68. The maximum atomic E-state index is 12.2. The Morgan fingerprint density at radius 1 is 1.65 bits per heavy atom. The molecular weight excluding hydrogens is 314 g/mol. The Morgan fingerprint density at radius 3 is 3.09 bits per heavy atom.